The number of nitrogens with zero attached hydrogens (tertiary/aromatic N) is 3. The summed E-state index contributed by atoms with van der Waals surface area (Å²) >= 11 is 0. The maximum atomic E-state index is 15.3. The van der Waals surface area contributed by atoms with Crippen LogP contribution in [0.4, 0.5) is 10.1 Å². The van der Waals surface area contributed by atoms with Crippen LogP contribution < -0.4 is 10.3 Å². The van der Waals surface area contributed by atoms with Crippen LogP contribution in [-0.4, -0.2) is 50.6 Å². The van der Waals surface area contributed by atoms with E-state index in [-0.39, 0.29) is 15.2 Å². The van der Waals surface area contributed by atoms with Crippen molar-refractivity contribution in [2.24, 2.45) is 0 Å². The number of piperazine rings is 1. The summed E-state index contributed by atoms with van der Waals surface area (Å²) in [6.07, 6.45) is 2.49. The van der Waals surface area contributed by atoms with E-state index < -0.39 is 21.1 Å². The molecular formula is C26H32FN3O3S. The van der Waals surface area contributed by atoms with Crippen LogP contribution in [0, 0.1) is 19.7 Å². The quantitative estimate of drug-likeness (QED) is 0.525. The van der Waals surface area contributed by atoms with Crippen LogP contribution >= 0.6 is 0 Å². The molecule has 1 aliphatic rings. The number of fused-ring (bicyclic) bond motifs is 1. The molecule has 3 aromatic rings. The van der Waals surface area contributed by atoms with Gasteiger partial charge in [0.15, 0.2) is 0 Å². The standard InChI is InChI=1S/C26H32FN3O3S/c1-5-9-28-10-12-30(13-11-28)23-16-22-20(15-21(23)27)26(31)25(17-29(22)6-2)34(32,33)24-8-7-18(3)14-19(24)4/h7-8,14-17H,5-6,9-13H2,1-4H3. The summed E-state index contributed by atoms with van der Waals surface area (Å²) in [5.41, 5.74) is 1.84. The van der Waals surface area contributed by atoms with Gasteiger partial charge in [-0.1, -0.05) is 24.6 Å². The number of benzene rings is 2. The second-order valence-corrected chi connectivity index (χ2v) is 10.9. The highest BCUT2D eigenvalue weighted by Crippen LogP contribution is 2.29. The highest BCUT2D eigenvalue weighted by molar-refractivity contribution is 7.91. The lowest BCUT2D eigenvalue weighted by Crippen LogP contribution is -2.46. The molecule has 34 heavy (non-hydrogen) atoms. The first kappa shape index (κ1) is 24.4. The zero-order valence-corrected chi connectivity index (χ0v) is 21.1. The molecule has 2 aromatic carbocycles. The smallest absolute Gasteiger partial charge is 0.212 e. The molecule has 4 rings (SSSR count). The predicted octanol–water partition coefficient (Wildman–Crippen LogP) is 4.14. The van der Waals surface area contributed by atoms with Gasteiger partial charge in [0.05, 0.1) is 21.5 Å². The van der Waals surface area contributed by atoms with Crippen LogP contribution in [0.1, 0.15) is 31.4 Å². The predicted molar refractivity (Wildman–Crippen MR) is 134 cm³/mol. The summed E-state index contributed by atoms with van der Waals surface area (Å²) in [6.45, 7) is 12.2. The van der Waals surface area contributed by atoms with Crippen LogP contribution in [0.5, 0.6) is 0 Å². The average molecular weight is 486 g/mol. The normalized spacial score (nSPS) is 15.3. The molecule has 182 valence electrons. The van der Waals surface area contributed by atoms with Gasteiger partial charge in [0.1, 0.15) is 10.7 Å². The fourth-order valence-corrected chi connectivity index (χ4v) is 6.40. The van der Waals surface area contributed by atoms with Gasteiger partial charge in [-0.15, -0.1) is 0 Å². The van der Waals surface area contributed by atoms with Crippen LogP contribution in [0.3, 0.4) is 0 Å². The number of hydrogen-bond acceptors (Lipinski definition) is 5. The Hall–Kier alpha value is -2.71. The molecule has 6 nitrogen and oxygen atoms in total. The van der Waals surface area contributed by atoms with E-state index >= 15 is 4.39 Å². The Kier molecular flexibility index (Phi) is 6.82. The van der Waals surface area contributed by atoms with Crippen molar-refractivity contribution in [2.45, 2.75) is 50.5 Å². The molecule has 0 amide bonds. The SMILES string of the molecule is CCCN1CCN(c2cc3c(cc2F)c(=O)c(S(=O)(=O)c2ccc(C)cc2C)cn3CC)CC1. The number of pyridine rings is 1. The molecule has 8 heteroatoms. The van der Waals surface area contributed by atoms with Gasteiger partial charge in [-0.05, 0) is 57.5 Å². The molecule has 0 unspecified atom stereocenters. The summed E-state index contributed by atoms with van der Waals surface area (Å²) in [4.78, 5) is 17.5. The van der Waals surface area contributed by atoms with Gasteiger partial charge in [-0.3, -0.25) is 9.69 Å². The molecule has 0 aliphatic carbocycles. The van der Waals surface area contributed by atoms with E-state index in [9.17, 15) is 13.2 Å². The Balaban J connectivity index is 1.82. The van der Waals surface area contributed by atoms with Crippen LogP contribution in [0.15, 0.2) is 51.1 Å². The van der Waals surface area contributed by atoms with E-state index in [1.165, 1.54) is 18.3 Å². The highest BCUT2D eigenvalue weighted by Gasteiger charge is 2.27. The largest absolute Gasteiger partial charge is 0.367 e. The molecule has 0 saturated carbocycles. The summed E-state index contributed by atoms with van der Waals surface area (Å²) in [6, 6.07) is 7.92. The molecule has 0 N–H and O–H groups in total. The highest BCUT2D eigenvalue weighted by atomic mass is 32.2. The van der Waals surface area contributed by atoms with E-state index in [4.69, 9.17) is 0 Å². The Morgan fingerprint density at radius 2 is 1.68 bits per heavy atom. The molecule has 0 radical (unpaired) electrons. The van der Waals surface area contributed by atoms with Crippen molar-refractivity contribution in [3.05, 3.63) is 63.7 Å². The van der Waals surface area contributed by atoms with Crippen LogP contribution in [0.25, 0.3) is 10.9 Å². The molecule has 0 bridgehead atoms. The molecule has 2 heterocycles. The van der Waals surface area contributed by atoms with Crippen molar-refractivity contribution in [3.8, 4) is 0 Å². The van der Waals surface area contributed by atoms with E-state index in [1.54, 1.807) is 29.7 Å². The van der Waals surface area contributed by atoms with Gasteiger partial charge in [-0.2, -0.15) is 0 Å². The third-order valence-corrected chi connectivity index (χ3v) is 8.53. The van der Waals surface area contributed by atoms with E-state index in [0.29, 0.717) is 36.4 Å². The number of aryl methyl sites for hydroxylation is 3. The second-order valence-electron chi connectivity index (χ2n) is 9.03. The summed E-state index contributed by atoms with van der Waals surface area (Å²) in [5, 5.41) is 0.0820. The van der Waals surface area contributed by atoms with Crippen molar-refractivity contribution in [2.75, 3.05) is 37.6 Å². The summed E-state index contributed by atoms with van der Waals surface area (Å²) < 4.78 is 43.9. The first-order valence-electron chi connectivity index (χ1n) is 11.8. The average Bonchev–Trinajstić information content (AvgIpc) is 2.80. The minimum Gasteiger partial charge on any atom is -0.367 e. The van der Waals surface area contributed by atoms with Gasteiger partial charge < -0.3 is 9.47 Å². The van der Waals surface area contributed by atoms with Crippen LogP contribution in [0.2, 0.25) is 0 Å². The number of aromatic nitrogens is 1. The number of halogens is 1. The van der Waals surface area contributed by atoms with Crippen molar-refractivity contribution < 1.29 is 12.8 Å². The maximum Gasteiger partial charge on any atom is 0.212 e. The minimum atomic E-state index is -4.07. The van der Waals surface area contributed by atoms with Gasteiger partial charge >= 0.3 is 0 Å². The fraction of sp³-hybridized carbons (Fsp3) is 0.423. The van der Waals surface area contributed by atoms with Crippen molar-refractivity contribution in [1.29, 1.82) is 0 Å². The van der Waals surface area contributed by atoms with Crippen molar-refractivity contribution >= 4 is 26.4 Å². The number of rotatable bonds is 6. The fourth-order valence-electron chi connectivity index (χ4n) is 4.82. The van der Waals surface area contributed by atoms with E-state index in [2.05, 4.69) is 11.8 Å². The molecule has 1 aliphatic heterocycles. The van der Waals surface area contributed by atoms with E-state index in [1.807, 2.05) is 18.7 Å². The number of sulfone groups is 1. The van der Waals surface area contributed by atoms with E-state index in [0.717, 1.165) is 31.6 Å². The first-order chi connectivity index (χ1) is 16.2. The van der Waals surface area contributed by atoms with Crippen molar-refractivity contribution in [1.82, 2.24) is 9.47 Å². The van der Waals surface area contributed by atoms with Crippen molar-refractivity contribution in [3.63, 3.8) is 0 Å². The van der Waals surface area contributed by atoms with Gasteiger partial charge in [-0.25, -0.2) is 12.8 Å². The maximum absolute atomic E-state index is 15.3. The Labute approximate surface area is 200 Å². The monoisotopic (exact) mass is 485 g/mol. The molecule has 0 spiro atoms. The molecular weight excluding hydrogens is 453 g/mol. The summed E-state index contributed by atoms with van der Waals surface area (Å²) in [5.74, 6) is -0.503. The second kappa shape index (κ2) is 9.50. The molecule has 1 saturated heterocycles. The number of anilines is 1. The molecule has 1 aromatic heterocycles. The van der Waals surface area contributed by atoms with Gasteiger partial charge in [0, 0.05) is 38.9 Å². The zero-order chi connectivity index (χ0) is 24.6. The lowest BCUT2D eigenvalue weighted by atomic mass is 10.1. The molecule has 1 fully saturated rings. The first-order valence-corrected chi connectivity index (χ1v) is 13.3. The third-order valence-electron chi connectivity index (χ3n) is 6.62. The lowest BCUT2D eigenvalue weighted by Gasteiger charge is -2.36. The topological polar surface area (TPSA) is 62.6 Å². The lowest BCUT2D eigenvalue weighted by molar-refractivity contribution is 0.258. The Morgan fingerprint density at radius 3 is 2.29 bits per heavy atom. The zero-order valence-electron chi connectivity index (χ0n) is 20.3. The Bertz CT molecular complexity index is 1390. The van der Waals surface area contributed by atoms with Gasteiger partial charge in [0.25, 0.3) is 0 Å². The molecule has 0 atom stereocenters. The number of hydrogen-bond donors (Lipinski definition) is 0. The minimum absolute atomic E-state index is 0.0820. The van der Waals surface area contributed by atoms with Crippen LogP contribution in [-0.2, 0) is 16.4 Å². The Morgan fingerprint density at radius 1 is 0.971 bits per heavy atom. The van der Waals surface area contributed by atoms with Gasteiger partial charge in [0.2, 0.25) is 15.3 Å². The third kappa shape index (κ3) is 4.36. The summed E-state index contributed by atoms with van der Waals surface area (Å²) in [7, 11) is -4.07.